The predicted molar refractivity (Wildman–Crippen MR) is 47.9 cm³/mol. The summed E-state index contributed by atoms with van der Waals surface area (Å²) in [4.78, 5) is 0. The van der Waals surface area contributed by atoms with Crippen LogP contribution in [0.5, 0.6) is 5.75 Å². The monoisotopic (exact) mass is 246 g/mol. The lowest BCUT2D eigenvalue weighted by Gasteiger charge is -2.10. The van der Waals surface area contributed by atoms with Gasteiger partial charge in [-0.05, 0) is 12.1 Å². The number of rotatable bonds is 2. The molecule has 0 aliphatic rings. The van der Waals surface area contributed by atoms with Gasteiger partial charge in [-0.2, -0.15) is 0 Å². The van der Waals surface area contributed by atoms with Crippen LogP contribution in [0, 0.1) is 0 Å². The molecule has 0 amide bonds. The van der Waals surface area contributed by atoms with Gasteiger partial charge in [0.25, 0.3) is 0 Å². The van der Waals surface area contributed by atoms with Gasteiger partial charge in [0.2, 0.25) is 0 Å². The zero-order valence-electron chi connectivity index (χ0n) is 6.03. The van der Waals surface area contributed by atoms with E-state index in [1.54, 1.807) is 0 Å². The van der Waals surface area contributed by atoms with Gasteiger partial charge >= 0.3 is 5.57 Å². The van der Waals surface area contributed by atoms with Gasteiger partial charge in [-0.1, -0.05) is 23.2 Å². The average Bonchev–Trinajstić information content (AvgIpc) is 1.94. The highest BCUT2D eigenvalue weighted by Crippen LogP contribution is 2.30. The van der Waals surface area contributed by atoms with Crippen molar-refractivity contribution in [3.05, 3.63) is 28.2 Å². The minimum Gasteiger partial charge on any atom is -0.420 e. The molecule has 1 nitrogen and oxygen atoms in total. The lowest BCUT2D eigenvalue weighted by atomic mass is 10.3. The molecule has 0 radical (unpaired) electrons. The Morgan fingerprint density at radius 2 is 1.77 bits per heavy atom. The third-order valence-electron chi connectivity index (χ3n) is 1.12. The van der Waals surface area contributed by atoms with Gasteiger partial charge in [-0.25, -0.2) is 0 Å². The Balaban J connectivity index is 2.86. The van der Waals surface area contributed by atoms with Gasteiger partial charge in [-0.3, -0.25) is 0 Å². The molecule has 0 fully saturated rings. The second kappa shape index (κ2) is 3.86. The van der Waals surface area contributed by atoms with E-state index in [9.17, 15) is 8.78 Å². The number of ether oxygens (including phenoxy) is 1. The Morgan fingerprint density at radius 1 is 1.15 bits per heavy atom. The van der Waals surface area contributed by atoms with Crippen molar-refractivity contribution in [2.45, 2.75) is 5.57 Å². The van der Waals surface area contributed by atoms with Crippen LogP contribution in [-0.2, 0) is 0 Å². The summed E-state index contributed by atoms with van der Waals surface area (Å²) in [6.07, 6.45) is 0. The van der Waals surface area contributed by atoms with Crippen molar-refractivity contribution < 1.29 is 13.5 Å². The summed E-state index contributed by atoms with van der Waals surface area (Å²) in [6, 6.07) is 3.73. The van der Waals surface area contributed by atoms with E-state index >= 15 is 0 Å². The van der Waals surface area contributed by atoms with Gasteiger partial charge in [0.1, 0.15) is 5.75 Å². The summed E-state index contributed by atoms with van der Waals surface area (Å²) in [5.41, 5.74) is -3.74. The van der Waals surface area contributed by atoms with Crippen molar-refractivity contribution in [3.8, 4) is 5.75 Å². The molecule has 0 aliphatic heterocycles. The van der Waals surface area contributed by atoms with E-state index in [0.29, 0.717) is 0 Å². The summed E-state index contributed by atoms with van der Waals surface area (Å²) < 4.78 is 28.2. The van der Waals surface area contributed by atoms with E-state index in [1.165, 1.54) is 12.1 Å². The normalized spacial score (nSPS) is 11.5. The van der Waals surface area contributed by atoms with Gasteiger partial charge in [0.05, 0.1) is 10.0 Å². The molecule has 13 heavy (non-hydrogen) atoms. The average molecular weight is 247 g/mol. The molecule has 0 atom stereocenters. The number of benzene rings is 1. The first-order valence-corrected chi connectivity index (χ1v) is 4.23. The highest BCUT2D eigenvalue weighted by molar-refractivity contribution is 6.42. The third kappa shape index (κ3) is 3.55. The topological polar surface area (TPSA) is 9.23 Å². The zero-order chi connectivity index (χ0) is 10.1. The van der Waals surface area contributed by atoms with Crippen LogP contribution in [0.2, 0.25) is 10.0 Å². The largest absolute Gasteiger partial charge is 0.487 e. The summed E-state index contributed by atoms with van der Waals surface area (Å²) in [5.74, 6) is -0.144. The van der Waals surface area contributed by atoms with Crippen LogP contribution < -0.4 is 4.74 Å². The van der Waals surface area contributed by atoms with Crippen molar-refractivity contribution in [1.82, 2.24) is 0 Å². The van der Waals surface area contributed by atoms with Crippen molar-refractivity contribution in [2.75, 3.05) is 0 Å². The maximum absolute atomic E-state index is 12.1. The molecule has 1 aromatic carbocycles. The molecule has 0 heterocycles. The number of hydrogen-bond acceptors (Lipinski definition) is 1. The smallest absolute Gasteiger partial charge is 0.420 e. The fraction of sp³-hybridized carbons (Fsp3) is 0.143. The third-order valence-corrected chi connectivity index (χ3v) is 1.94. The van der Waals surface area contributed by atoms with Crippen LogP contribution in [0.15, 0.2) is 18.2 Å². The fourth-order valence-corrected chi connectivity index (χ4v) is 1.05. The van der Waals surface area contributed by atoms with Crippen LogP contribution in [0.1, 0.15) is 0 Å². The molecule has 0 bridgehead atoms. The molecule has 0 spiro atoms. The summed E-state index contributed by atoms with van der Waals surface area (Å²) in [7, 11) is 0. The second-order valence-corrected chi connectivity index (χ2v) is 3.38. The van der Waals surface area contributed by atoms with Gasteiger partial charge in [0.15, 0.2) is 0 Å². The minimum absolute atomic E-state index is 0.125. The maximum atomic E-state index is 12.1. The van der Waals surface area contributed by atoms with Crippen molar-refractivity contribution >= 4 is 34.8 Å². The molecular weight excluding hydrogens is 244 g/mol. The summed E-state index contributed by atoms with van der Waals surface area (Å²) >= 11 is 15.6. The Bertz CT molecular complexity index is 311. The molecule has 0 unspecified atom stereocenters. The SMILES string of the molecule is FC(F)(Cl)Oc1ccc(Cl)c(Cl)c1. The Labute approximate surface area is 88.2 Å². The number of alkyl halides is 3. The molecule has 0 N–H and O–H groups in total. The molecular formula is C7H3Cl3F2O. The molecule has 72 valence electrons. The van der Waals surface area contributed by atoms with Crippen LogP contribution >= 0.6 is 34.8 Å². The van der Waals surface area contributed by atoms with E-state index in [1.807, 2.05) is 0 Å². The lowest BCUT2D eigenvalue weighted by Crippen LogP contribution is -2.15. The van der Waals surface area contributed by atoms with E-state index < -0.39 is 5.57 Å². The molecule has 1 aromatic rings. The molecule has 1 rings (SSSR count). The number of halogens is 5. The Hall–Kier alpha value is -0.250. The molecule has 0 aromatic heterocycles. The van der Waals surface area contributed by atoms with E-state index in [-0.39, 0.29) is 15.8 Å². The minimum atomic E-state index is -3.74. The number of hydrogen-bond donors (Lipinski definition) is 0. The highest BCUT2D eigenvalue weighted by atomic mass is 35.5. The lowest BCUT2D eigenvalue weighted by molar-refractivity contribution is -0.0964. The van der Waals surface area contributed by atoms with Crippen LogP contribution in [0.4, 0.5) is 8.78 Å². The molecule has 6 heteroatoms. The van der Waals surface area contributed by atoms with E-state index in [0.717, 1.165) is 6.07 Å². The first-order valence-electron chi connectivity index (χ1n) is 3.09. The van der Waals surface area contributed by atoms with Gasteiger partial charge in [0, 0.05) is 17.7 Å². The van der Waals surface area contributed by atoms with Crippen molar-refractivity contribution in [2.24, 2.45) is 0 Å². The van der Waals surface area contributed by atoms with Crippen LogP contribution in [0.25, 0.3) is 0 Å². The standard InChI is InChI=1S/C7H3Cl3F2O/c8-5-2-1-4(3-6(5)9)13-7(10,11)12/h1-3H. The zero-order valence-corrected chi connectivity index (χ0v) is 8.30. The van der Waals surface area contributed by atoms with Crippen LogP contribution in [0.3, 0.4) is 0 Å². The van der Waals surface area contributed by atoms with Crippen LogP contribution in [-0.4, -0.2) is 5.57 Å². The quantitative estimate of drug-likeness (QED) is 0.713. The first-order chi connectivity index (χ1) is 5.88. The van der Waals surface area contributed by atoms with Crippen molar-refractivity contribution in [1.29, 1.82) is 0 Å². The molecule has 0 saturated heterocycles. The molecule has 0 saturated carbocycles. The highest BCUT2D eigenvalue weighted by Gasteiger charge is 2.27. The fourth-order valence-electron chi connectivity index (χ4n) is 0.674. The van der Waals surface area contributed by atoms with Gasteiger partial charge in [-0.15, -0.1) is 8.78 Å². The van der Waals surface area contributed by atoms with Gasteiger partial charge < -0.3 is 4.74 Å². The van der Waals surface area contributed by atoms with E-state index in [2.05, 4.69) is 16.3 Å². The second-order valence-electron chi connectivity index (χ2n) is 2.12. The van der Waals surface area contributed by atoms with Crippen molar-refractivity contribution in [3.63, 3.8) is 0 Å². The Morgan fingerprint density at radius 3 is 2.23 bits per heavy atom. The maximum Gasteiger partial charge on any atom is 0.487 e. The molecule has 0 aliphatic carbocycles. The Kier molecular flexibility index (Phi) is 3.22. The first kappa shape index (κ1) is 10.8. The summed E-state index contributed by atoms with van der Waals surface area (Å²) in [5, 5.41) is 0.381. The predicted octanol–water partition coefficient (Wildman–Crippen LogP) is 4.16. The summed E-state index contributed by atoms with van der Waals surface area (Å²) in [6.45, 7) is 0. The van der Waals surface area contributed by atoms with E-state index in [4.69, 9.17) is 23.2 Å².